The molecule has 0 aliphatic heterocycles. The van der Waals surface area contributed by atoms with Gasteiger partial charge >= 0.3 is 0 Å². The number of aromatic nitrogens is 4. The van der Waals surface area contributed by atoms with Crippen LogP contribution in [0, 0.1) is 0 Å². The number of halogens is 1. The molecule has 2 heterocycles. The molecule has 3 rings (SSSR count). The molecule has 0 aliphatic rings. The number of aliphatic hydroxyl groups is 1. The number of hydrogen-bond acceptors (Lipinski definition) is 6. The summed E-state index contributed by atoms with van der Waals surface area (Å²) < 4.78 is 1.98. The number of imidazole rings is 1. The lowest BCUT2D eigenvalue weighted by molar-refractivity contribution is 0.331. The van der Waals surface area contributed by atoms with E-state index in [4.69, 9.17) is 11.6 Å². The first-order chi connectivity index (χ1) is 12.9. The molecule has 7 nitrogen and oxygen atoms in total. The van der Waals surface area contributed by atoms with Crippen molar-refractivity contribution in [1.82, 2.24) is 19.5 Å². The molecule has 27 heavy (non-hydrogen) atoms. The van der Waals surface area contributed by atoms with E-state index in [-0.39, 0.29) is 12.6 Å². The van der Waals surface area contributed by atoms with Gasteiger partial charge in [-0.1, -0.05) is 23.2 Å². The van der Waals surface area contributed by atoms with Crippen LogP contribution in [0.5, 0.6) is 0 Å². The van der Waals surface area contributed by atoms with Crippen molar-refractivity contribution in [3.05, 3.63) is 46.9 Å². The average molecular weight is 387 g/mol. The zero-order valence-corrected chi connectivity index (χ0v) is 16.5. The van der Waals surface area contributed by atoms with Crippen LogP contribution in [0.4, 0.5) is 17.5 Å². The molecule has 0 spiro atoms. The highest BCUT2D eigenvalue weighted by atomic mass is 35.5. The summed E-state index contributed by atoms with van der Waals surface area (Å²) in [4.78, 5) is 13.7. The first-order valence-electron chi connectivity index (χ1n) is 8.70. The molecule has 8 heteroatoms. The fraction of sp³-hybridized carbons (Fsp3) is 0.316. The molecular weight excluding hydrogens is 364 g/mol. The lowest BCUT2D eigenvalue weighted by Gasteiger charge is -2.13. The minimum atomic E-state index is -0.121. The van der Waals surface area contributed by atoms with Crippen LogP contribution in [0.25, 0.3) is 11.2 Å². The Kier molecular flexibility index (Phi) is 5.62. The fourth-order valence-corrected chi connectivity index (χ4v) is 2.79. The number of allylic oxidation sites excluding steroid dienone is 1. The van der Waals surface area contributed by atoms with Gasteiger partial charge in [-0.15, -0.1) is 0 Å². The van der Waals surface area contributed by atoms with E-state index in [0.717, 1.165) is 11.3 Å². The number of rotatable bonds is 6. The van der Waals surface area contributed by atoms with Gasteiger partial charge in [-0.3, -0.25) is 0 Å². The normalized spacial score (nSPS) is 11.1. The third kappa shape index (κ3) is 4.20. The molecule has 0 unspecified atom stereocenters. The van der Waals surface area contributed by atoms with Crippen LogP contribution >= 0.6 is 11.6 Å². The second kappa shape index (κ2) is 7.94. The standard InChI is InChI=1S/C19H23ClN6O/c1-11(2)15(9-27)23-19-24-17(22-14-7-5-6-13(20)8-14)16-18(25-19)26(10-21-16)12(3)4/h5-8,10,12,27H,9H2,1-4H3,(H2,22,23,24,25). The number of aliphatic hydroxyl groups excluding tert-OH is 1. The number of hydrogen-bond donors (Lipinski definition) is 3. The van der Waals surface area contributed by atoms with Crippen LogP contribution in [-0.2, 0) is 0 Å². The van der Waals surface area contributed by atoms with Crippen molar-refractivity contribution in [2.45, 2.75) is 33.7 Å². The molecular formula is C19H23ClN6O. The quantitative estimate of drug-likeness (QED) is 0.578. The zero-order valence-electron chi connectivity index (χ0n) is 15.8. The molecule has 0 atom stereocenters. The van der Waals surface area contributed by atoms with Gasteiger partial charge in [0.1, 0.15) is 0 Å². The van der Waals surface area contributed by atoms with Crippen molar-refractivity contribution < 1.29 is 5.11 Å². The van der Waals surface area contributed by atoms with Crippen LogP contribution in [0.2, 0.25) is 5.02 Å². The van der Waals surface area contributed by atoms with E-state index in [1.165, 1.54) is 0 Å². The van der Waals surface area contributed by atoms with E-state index in [9.17, 15) is 5.11 Å². The van der Waals surface area contributed by atoms with Crippen LogP contribution in [0.1, 0.15) is 33.7 Å². The van der Waals surface area contributed by atoms with Gasteiger partial charge in [0.15, 0.2) is 17.0 Å². The topological polar surface area (TPSA) is 87.9 Å². The number of benzene rings is 1. The maximum atomic E-state index is 9.59. The van der Waals surface area contributed by atoms with Crippen LogP contribution in [-0.4, -0.2) is 31.2 Å². The minimum Gasteiger partial charge on any atom is -0.390 e. The first-order valence-corrected chi connectivity index (χ1v) is 9.08. The molecule has 0 fully saturated rings. The highest BCUT2D eigenvalue weighted by Crippen LogP contribution is 2.27. The number of fused-ring (bicyclic) bond motifs is 1. The van der Waals surface area contributed by atoms with Gasteiger partial charge in [-0.25, -0.2) is 4.98 Å². The first kappa shape index (κ1) is 19.1. The molecule has 3 aromatic rings. The Morgan fingerprint density at radius 1 is 1.26 bits per heavy atom. The SMILES string of the molecule is CC(C)=C(CO)Nc1nc(Nc2cccc(Cl)c2)c2ncn(C(C)C)c2n1. The van der Waals surface area contributed by atoms with Crippen molar-refractivity contribution in [3.63, 3.8) is 0 Å². The number of anilines is 3. The van der Waals surface area contributed by atoms with E-state index in [0.29, 0.717) is 33.6 Å². The van der Waals surface area contributed by atoms with Gasteiger partial charge in [0.25, 0.3) is 0 Å². The highest BCUT2D eigenvalue weighted by Gasteiger charge is 2.16. The Morgan fingerprint density at radius 2 is 2.04 bits per heavy atom. The Morgan fingerprint density at radius 3 is 2.67 bits per heavy atom. The largest absolute Gasteiger partial charge is 0.390 e. The van der Waals surface area contributed by atoms with Crippen LogP contribution in [0.3, 0.4) is 0 Å². The monoisotopic (exact) mass is 386 g/mol. The third-order valence-corrected chi connectivity index (χ3v) is 4.32. The summed E-state index contributed by atoms with van der Waals surface area (Å²) >= 11 is 6.09. The van der Waals surface area contributed by atoms with Gasteiger partial charge in [0.2, 0.25) is 5.95 Å². The van der Waals surface area contributed by atoms with E-state index >= 15 is 0 Å². The van der Waals surface area contributed by atoms with Crippen LogP contribution < -0.4 is 10.6 Å². The summed E-state index contributed by atoms with van der Waals surface area (Å²) in [6, 6.07) is 7.59. The molecule has 0 bridgehead atoms. The van der Waals surface area contributed by atoms with Gasteiger partial charge in [0.05, 0.1) is 12.9 Å². The summed E-state index contributed by atoms with van der Waals surface area (Å²) in [6.45, 7) is 7.84. The molecule has 0 radical (unpaired) electrons. The maximum Gasteiger partial charge on any atom is 0.231 e. The average Bonchev–Trinajstić information content (AvgIpc) is 3.04. The Labute approximate surface area is 163 Å². The molecule has 142 valence electrons. The van der Waals surface area contributed by atoms with Crippen molar-refractivity contribution in [1.29, 1.82) is 0 Å². The summed E-state index contributed by atoms with van der Waals surface area (Å²) in [5, 5.41) is 16.6. The summed E-state index contributed by atoms with van der Waals surface area (Å²) in [6.07, 6.45) is 1.75. The smallest absolute Gasteiger partial charge is 0.231 e. The predicted octanol–water partition coefficient (Wildman–Crippen LogP) is 4.50. The molecule has 0 saturated carbocycles. The molecule has 0 amide bonds. The summed E-state index contributed by atoms with van der Waals surface area (Å²) in [5.74, 6) is 0.954. The number of nitrogens with one attached hydrogen (secondary N) is 2. The van der Waals surface area contributed by atoms with Crippen molar-refractivity contribution in [2.75, 3.05) is 17.2 Å². The zero-order chi connectivity index (χ0) is 19.6. The molecule has 0 aliphatic carbocycles. The van der Waals surface area contributed by atoms with Crippen molar-refractivity contribution >= 4 is 40.2 Å². The minimum absolute atomic E-state index is 0.121. The highest BCUT2D eigenvalue weighted by molar-refractivity contribution is 6.30. The maximum absolute atomic E-state index is 9.59. The van der Waals surface area contributed by atoms with E-state index in [1.54, 1.807) is 6.33 Å². The van der Waals surface area contributed by atoms with Crippen molar-refractivity contribution in [3.8, 4) is 0 Å². The molecule has 2 aromatic heterocycles. The predicted molar refractivity (Wildman–Crippen MR) is 110 cm³/mol. The number of nitrogens with zero attached hydrogens (tertiary/aromatic N) is 4. The summed E-state index contributed by atoms with van der Waals surface area (Å²) in [5.41, 5.74) is 3.80. The molecule has 0 saturated heterocycles. The Balaban J connectivity index is 2.11. The summed E-state index contributed by atoms with van der Waals surface area (Å²) in [7, 11) is 0. The second-order valence-electron chi connectivity index (χ2n) is 6.71. The molecule has 1 aromatic carbocycles. The van der Waals surface area contributed by atoms with Gasteiger partial charge in [0, 0.05) is 22.4 Å². The van der Waals surface area contributed by atoms with Crippen LogP contribution in [0.15, 0.2) is 41.9 Å². The van der Waals surface area contributed by atoms with Gasteiger partial charge in [-0.2, -0.15) is 9.97 Å². The Bertz CT molecular complexity index is 991. The second-order valence-corrected chi connectivity index (χ2v) is 7.15. The fourth-order valence-electron chi connectivity index (χ4n) is 2.60. The van der Waals surface area contributed by atoms with Gasteiger partial charge < -0.3 is 20.3 Å². The van der Waals surface area contributed by atoms with E-state index < -0.39 is 0 Å². The lowest BCUT2D eigenvalue weighted by atomic mass is 10.2. The van der Waals surface area contributed by atoms with Crippen molar-refractivity contribution in [2.24, 2.45) is 0 Å². The van der Waals surface area contributed by atoms with E-state index in [2.05, 4.69) is 39.4 Å². The van der Waals surface area contributed by atoms with E-state index in [1.807, 2.05) is 42.7 Å². The third-order valence-electron chi connectivity index (χ3n) is 4.09. The Hall–Kier alpha value is -2.64. The molecule has 3 N–H and O–H groups in total. The lowest BCUT2D eigenvalue weighted by Crippen LogP contribution is -2.11. The van der Waals surface area contributed by atoms with Gasteiger partial charge in [-0.05, 0) is 45.9 Å².